The molecule has 2 heterocycles. The maximum atomic E-state index is 12.2. The number of rotatable bonds is 3. The van der Waals surface area contributed by atoms with Gasteiger partial charge < -0.3 is 4.40 Å². The van der Waals surface area contributed by atoms with E-state index < -0.39 is 10.0 Å². The van der Waals surface area contributed by atoms with Gasteiger partial charge >= 0.3 is 0 Å². The number of aromatic nitrogens is 2. The number of hydrogen-bond acceptors (Lipinski definition) is 3. The summed E-state index contributed by atoms with van der Waals surface area (Å²) in [6, 6.07) is 10.8. The molecule has 0 N–H and O–H groups in total. The van der Waals surface area contributed by atoms with Gasteiger partial charge in [0, 0.05) is 32.1 Å². The summed E-state index contributed by atoms with van der Waals surface area (Å²) in [6.07, 6.45) is 3.84. The number of fused-ring (bicyclic) bond motifs is 1. The van der Waals surface area contributed by atoms with Crippen molar-refractivity contribution in [2.24, 2.45) is 0 Å². The molecule has 5 nitrogen and oxygen atoms in total. The van der Waals surface area contributed by atoms with Crippen LogP contribution in [-0.4, -0.2) is 36.2 Å². The minimum atomic E-state index is -3.45. The Hall–Kier alpha value is -2.18. The van der Waals surface area contributed by atoms with Crippen LogP contribution in [0.15, 0.2) is 53.7 Å². The number of hydrogen-bond donors (Lipinski definition) is 0. The van der Waals surface area contributed by atoms with Crippen LogP contribution in [0, 0.1) is 6.92 Å². The van der Waals surface area contributed by atoms with Gasteiger partial charge in [0.05, 0.1) is 10.6 Å². The summed E-state index contributed by atoms with van der Waals surface area (Å²) < 4.78 is 27.6. The van der Waals surface area contributed by atoms with Gasteiger partial charge in [-0.05, 0) is 36.8 Å². The fourth-order valence-corrected chi connectivity index (χ4v) is 3.20. The first-order valence-corrected chi connectivity index (χ1v) is 8.30. The Balaban J connectivity index is 2.11. The van der Waals surface area contributed by atoms with Crippen molar-refractivity contribution < 1.29 is 8.42 Å². The predicted molar refractivity (Wildman–Crippen MR) is 86.2 cm³/mol. The zero-order chi connectivity index (χ0) is 15.9. The number of imidazole rings is 1. The molecule has 1 aromatic carbocycles. The summed E-state index contributed by atoms with van der Waals surface area (Å²) in [5.74, 6) is 0. The quantitative estimate of drug-likeness (QED) is 0.746. The summed E-state index contributed by atoms with van der Waals surface area (Å²) in [5.41, 5.74) is 3.51. The molecule has 3 rings (SSSR count). The predicted octanol–water partition coefficient (Wildman–Crippen LogP) is 2.56. The minimum Gasteiger partial charge on any atom is -0.306 e. The van der Waals surface area contributed by atoms with Crippen molar-refractivity contribution in [1.29, 1.82) is 0 Å². The van der Waals surface area contributed by atoms with E-state index in [-0.39, 0.29) is 4.90 Å². The lowest BCUT2D eigenvalue weighted by Crippen LogP contribution is -2.22. The molecular weight excluding hydrogens is 298 g/mol. The van der Waals surface area contributed by atoms with Gasteiger partial charge in [-0.1, -0.05) is 12.1 Å². The van der Waals surface area contributed by atoms with Crippen LogP contribution in [0.1, 0.15) is 5.56 Å². The first-order chi connectivity index (χ1) is 10.4. The number of sulfonamides is 1. The summed E-state index contributed by atoms with van der Waals surface area (Å²) >= 11 is 0. The molecule has 0 spiro atoms. The van der Waals surface area contributed by atoms with E-state index in [4.69, 9.17) is 0 Å². The molecule has 0 bridgehead atoms. The van der Waals surface area contributed by atoms with Crippen molar-refractivity contribution in [2.45, 2.75) is 11.8 Å². The molecule has 0 unspecified atom stereocenters. The zero-order valence-corrected chi connectivity index (χ0v) is 13.5. The standard InChI is InChI=1S/C16H17N3O2S/c1-12-7-8-19-11-15(17-16(19)9-12)13-5-4-6-14(10-13)22(20,21)18(2)3/h4-11H,1-3H3. The number of nitrogens with zero attached hydrogens (tertiary/aromatic N) is 3. The molecule has 2 aromatic heterocycles. The van der Waals surface area contributed by atoms with Gasteiger partial charge in [0.2, 0.25) is 10.0 Å². The molecule has 0 aliphatic heterocycles. The highest BCUT2D eigenvalue weighted by Crippen LogP contribution is 2.23. The second-order valence-corrected chi connectivity index (χ2v) is 7.56. The average molecular weight is 315 g/mol. The Morgan fingerprint density at radius 1 is 1.14 bits per heavy atom. The van der Waals surface area contributed by atoms with Crippen LogP contribution in [0.4, 0.5) is 0 Å². The van der Waals surface area contributed by atoms with Crippen LogP contribution < -0.4 is 0 Å². The van der Waals surface area contributed by atoms with E-state index in [2.05, 4.69) is 4.98 Å². The van der Waals surface area contributed by atoms with E-state index in [0.29, 0.717) is 0 Å². The lowest BCUT2D eigenvalue weighted by Gasteiger charge is -2.11. The highest BCUT2D eigenvalue weighted by atomic mass is 32.2. The van der Waals surface area contributed by atoms with Crippen LogP contribution in [0.25, 0.3) is 16.9 Å². The third kappa shape index (κ3) is 2.51. The van der Waals surface area contributed by atoms with Gasteiger partial charge in [0.25, 0.3) is 0 Å². The van der Waals surface area contributed by atoms with Crippen LogP contribution >= 0.6 is 0 Å². The van der Waals surface area contributed by atoms with Crippen LogP contribution in [0.5, 0.6) is 0 Å². The van der Waals surface area contributed by atoms with Crippen molar-refractivity contribution in [3.8, 4) is 11.3 Å². The van der Waals surface area contributed by atoms with Crippen molar-refractivity contribution in [3.63, 3.8) is 0 Å². The molecule has 0 atom stereocenters. The lowest BCUT2D eigenvalue weighted by molar-refractivity contribution is 0.521. The number of pyridine rings is 1. The molecular formula is C16H17N3O2S. The third-order valence-electron chi connectivity index (χ3n) is 3.52. The Morgan fingerprint density at radius 3 is 2.64 bits per heavy atom. The first-order valence-electron chi connectivity index (χ1n) is 6.86. The number of benzene rings is 1. The molecule has 0 saturated carbocycles. The average Bonchev–Trinajstić information content (AvgIpc) is 2.90. The Morgan fingerprint density at radius 2 is 1.91 bits per heavy atom. The van der Waals surface area contributed by atoms with Gasteiger partial charge in [0.1, 0.15) is 5.65 Å². The maximum Gasteiger partial charge on any atom is 0.242 e. The van der Waals surface area contributed by atoms with Crippen LogP contribution in [0.3, 0.4) is 0 Å². The topological polar surface area (TPSA) is 54.7 Å². The highest BCUT2D eigenvalue weighted by molar-refractivity contribution is 7.89. The third-order valence-corrected chi connectivity index (χ3v) is 5.34. The second kappa shape index (κ2) is 5.23. The van der Waals surface area contributed by atoms with E-state index in [1.807, 2.05) is 41.9 Å². The molecule has 0 saturated heterocycles. The molecule has 22 heavy (non-hydrogen) atoms. The first kappa shape index (κ1) is 14.7. The van der Waals surface area contributed by atoms with E-state index in [0.717, 1.165) is 22.5 Å². The zero-order valence-electron chi connectivity index (χ0n) is 12.7. The molecule has 114 valence electrons. The Labute approximate surface area is 129 Å². The monoisotopic (exact) mass is 315 g/mol. The van der Waals surface area contributed by atoms with E-state index in [1.165, 1.54) is 18.4 Å². The van der Waals surface area contributed by atoms with E-state index in [1.54, 1.807) is 18.2 Å². The second-order valence-electron chi connectivity index (χ2n) is 5.41. The van der Waals surface area contributed by atoms with Gasteiger partial charge in [0.15, 0.2) is 0 Å². The fourth-order valence-electron chi connectivity index (χ4n) is 2.25. The van der Waals surface area contributed by atoms with Gasteiger partial charge in [-0.2, -0.15) is 0 Å². The summed E-state index contributed by atoms with van der Waals surface area (Å²) in [6.45, 7) is 2.01. The van der Waals surface area contributed by atoms with Gasteiger partial charge in [-0.3, -0.25) is 0 Å². The van der Waals surface area contributed by atoms with E-state index >= 15 is 0 Å². The SMILES string of the molecule is Cc1ccn2cc(-c3cccc(S(=O)(=O)N(C)C)c3)nc2c1. The molecule has 0 fully saturated rings. The van der Waals surface area contributed by atoms with E-state index in [9.17, 15) is 8.42 Å². The van der Waals surface area contributed by atoms with Crippen LogP contribution in [-0.2, 0) is 10.0 Å². The van der Waals surface area contributed by atoms with Crippen molar-refractivity contribution in [3.05, 3.63) is 54.4 Å². The molecule has 0 aliphatic rings. The van der Waals surface area contributed by atoms with Crippen molar-refractivity contribution in [2.75, 3.05) is 14.1 Å². The summed E-state index contributed by atoms with van der Waals surface area (Å²) in [4.78, 5) is 4.83. The van der Waals surface area contributed by atoms with Crippen molar-refractivity contribution >= 4 is 15.7 Å². The molecule has 0 aliphatic carbocycles. The van der Waals surface area contributed by atoms with Gasteiger partial charge in [-0.25, -0.2) is 17.7 Å². The lowest BCUT2D eigenvalue weighted by atomic mass is 10.2. The van der Waals surface area contributed by atoms with Crippen molar-refractivity contribution in [1.82, 2.24) is 13.7 Å². The smallest absolute Gasteiger partial charge is 0.242 e. The Bertz CT molecular complexity index is 943. The van der Waals surface area contributed by atoms with Gasteiger partial charge in [-0.15, -0.1) is 0 Å². The number of aryl methyl sites for hydroxylation is 1. The summed E-state index contributed by atoms with van der Waals surface area (Å²) in [5, 5.41) is 0. The highest BCUT2D eigenvalue weighted by Gasteiger charge is 2.18. The van der Waals surface area contributed by atoms with Crippen LogP contribution in [0.2, 0.25) is 0 Å². The molecule has 6 heteroatoms. The summed E-state index contributed by atoms with van der Waals surface area (Å²) in [7, 11) is -0.398. The largest absolute Gasteiger partial charge is 0.306 e. The maximum absolute atomic E-state index is 12.2. The Kier molecular flexibility index (Phi) is 3.50. The minimum absolute atomic E-state index is 0.267. The fraction of sp³-hybridized carbons (Fsp3) is 0.188. The normalized spacial score (nSPS) is 12.2. The molecule has 0 amide bonds. The molecule has 3 aromatic rings. The molecule has 0 radical (unpaired) electrons.